The molecule has 236 valence electrons. The van der Waals surface area contributed by atoms with Crippen molar-refractivity contribution in [3.8, 4) is 0 Å². The number of carbonyl (C=O) groups excluding carboxylic acids is 4. The lowest BCUT2D eigenvalue weighted by atomic mass is 10.0. The van der Waals surface area contributed by atoms with Crippen molar-refractivity contribution in [2.24, 2.45) is 0 Å². The van der Waals surface area contributed by atoms with Gasteiger partial charge in [0.15, 0.2) is 0 Å². The van der Waals surface area contributed by atoms with Crippen LogP contribution in [-0.2, 0) is 29.4 Å². The Bertz CT molecular complexity index is 1510. The average molecular weight is 633 g/mol. The Morgan fingerprint density at radius 3 is 2.36 bits per heavy atom. The molecule has 0 saturated carbocycles. The Hall–Kier alpha value is -3.93. The molecule has 4 rings (SSSR count). The van der Waals surface area contributed by atoms with Crippen LogP contribution in [0.3, 0.4) is 0 Å². The molecule has 2 aliphatic rings. The van der Waals surface area contributed by atoms with Crippen LogP contribution >= 0.6 is 7.60 Å². The molecule has 2 aliphatic heterocycles. The lowest BCUT2D eigenvalue weighted by Gasteiger charge is -2.39. The molecule has 4 amide bonds. The molecule has 3 N–H and O–H groups in total. The largest absolute Gasteiger partial charge is 0.399 e. The summed E-state index contributed by atoms with van der Waals surface area (Å²) in [6.07, 6.45) is 2.51. The number of hydrogen-bond acceptors (Lipinski definition) is 5. The molecule has 0 aromatic heterocycles. The van der Waals surface area contributed by atoms with Crippen LogP contribution in [0.25, 0.3) is 5.57 Å². The van der Waals surface area contributed by atoms with Crippen LogP contribution in [0.2, 0.25) is 0 Å². The Labute approximate surface area is 253 Å². The third-order valence-electron chi connectivity index (χ3n) is 8.09. The van der Waals surface area contributed by atoms with Crippen molar-refractivity contribution < 1.29 is 42.3 Å². The second-order valence-corrected chi connectivity index (χ2v) is 12.7. The highest BCUT2D eigenvalue weighted by Crippen LogP contribution is 2.59. The maximum Gasteiger partial charge on any atom is 0.399 e. The smallest absolute Gasteiger partial charge is 0.340 e. The molecule has 0 bridgehead atoms. The Morgan fingerprint density at radius 1 is 1.05 bits per heavy atom. The number of amides is 4. The Balaban J connectivity index is 1.58. The van der Waals surface area contributed by atoms with Crippen molar-refractivity contribution in [3.63, 3.8) is 0 Å². The summed E-state index contributed by atoms with van der Waals surface area (Å²) < 4.78 is 39.9. The number of para-hydroxylation sites is 1. The number of anilines is 1. The highest BCUT2D eigenvalue weighted by Gasteiger charge is 2.50. The van der Waals surface area contributed by atoms with E-state index in [1.54, 1.807) is 31.3 Å². The van der Waals surface area contributed by atoms with Gasteiger partial charge in [-0.25, -0.2) is 0 Å². The zero-order valence-corrected chi connectivity index (χ0v) is 25.4. The molecule has 2 fully saturated rings. The van der Waals surface area contributed by atoms with Gasteiger partial charge in [0.05, 0.1) is 0 Å². The Kier molecular flexibility index (Phi) is 9.72. The predicted octanol–water partition coefficient (Wildman–Crippen LogP) is 3.08. The number of nitrogens with zero attached hydrogens (tertiary/aromatic N) is 3. The van der Waals surface area contributed by atoms with E-state index in [0.29, 0.717) is 31.5 Å². The second-order valence-electron chi connectivity index (χ2n) is 11.0. The van der Waals surface area contributed by atoms with Gasteiger partial charge in [0.25, 0.3) is 0 Å². The summed E-state index contributed by atoms with van der Waals surface area (Å²) in [6.45, 7) is 3.00. The molecule has 0 spiro atoms. The highest BCUT2D eigenvalue weighted by atomic mass is 31.2. The van der Waals surface area contributed by atoms with Gasteiger partial charge in [-0.2, -0.15) is 8.78 Å². The molecular formula is C30H35F2N4O7P. The molecule has 2 heterocycles. The molecule has 14 heteroatoms. The topological polar surface area (TPSA) is 148 Å². The van der Waals surface area contributed by atoms with Gasteiger partial charge in [-0.05, 0) is 55.5 Å². The summed E-state index contributed by atoms with van der Waals surface area (Å²) >= 11 is 0. The monoisotopic (exact) mass is 632 g/mol. The van der Waals surface area contributed by atoms with E-state index in [4.69, 9.17) is 9.79 Å². The van der Waals surface area contributed by atoms with Crippen molar-refractivity contribution in [2.75, 3.05) is 25.0 Å². The first kappa shape index (κ1) is 33.0. The molecule has 0 unspecified atom stereocenters. The highest BCUT2D eigenvalue weighted by molar-refractivity contribution is 7.52. The minimum Gasteiger partial charge on any atom is -0.340 e. The van der Waals surface area contributed by atoms with Crippen LogP contribution in [0, 0.1) is 0 Å². The van der Waals surface area contributed by atoms with Crippen molar-refractivity contribution in [2.45, 2.75) is 56.9 Å². The molecule has 11 nitrogen and oxygen atoms in total. The number of halogens is 2. The summed E-state index contributed by atoms with van der Waals surface area (Å²) in [5, 5.41) is 2.63. The van der Waals surface area contributed by atoms with Gasteiger partial charge in [-0.15, -0.1) is 0 Å². The molecule has 2 saturated heterocycles. The number of benzene rings is 2. The number of rotatable bonds is 7. The number of nitrogens with one attached hydrogen (secondary N) is 1. The van der Waals surface area contributed by atoms with Gasteiger partial charge < -0.3 is 29.8 Å². The third kappa shape index (κ3) is 6.90. The van der Waals surface area contributed by atoms with E-state index in [2.05, 4.69) is 5.32 Å². The molecule has 0 aliphatic carbocycles. The van der Waals surface area contributed by atoms with Crippen molar-refractivity contribution in [3.05, 3.63) is 71.8 Å². The van der Waals surface area contributed by atoms with Crippen molar-refractivity contribution >= 4 is 42.5 Å². The van der Waals surface area contributed by atoms with Gasteiger partial charge in [0, 0.05) is 50.4 Å². The van der Waals surface area contributed by atoms with Crippen molar-refractivity contribution in [1.82, 2.24) is 15.1 Å². The standard InChI is InChI=1S/C30H35F2N4O7P/c1-19(21-8-7-9-22(17-21)30(31,32)44(41,42)43)16-27(38)33-25-18-35(20(2)37)15-14-24-12-13-26(36(24)28(25)39)29(40)34(3)23-10-5-4-6-11-23/h4-11,16-17,24-26H,12-15,18H2,1-3H3,(H,33,38)(H2,41,42,43)/b19-16+/t24-,25+,26+/m1/s1. The van der Waals surface area contributed by atoms with E-state index in [1.807, 2.05) is 6.07 Å². The quantitative estimate of drug-likeness (QED) is 0.314. The molecular weight excluding hydrogens is 597 g/mol. The van der Waals surface area contributed by atoms with Gasteiger partial charge in [0.1, 0.15) is 12.1 Å². The van der Waals surface area contributed by atoms with Gasteiger partial charge in [-0.3, -0.25) is 23.7 Å². The summed E-state index contributed by atoms with van der Waals surface area (Å²) in [5.41, 5.74) is -4.39. The number of allylic oxidation sites excluding steroid dienone is 1. The number of likely N-dealkylation sites (N-methyl/N-ethyl adjacent to an activating group) is 1. The zero-order valence-electron chi connectivity index (χ0n) is 24.5. The SMILES string of the molecule is CC(=O)N1CC[C@H]2CC[C@@H](C(=O)N(C)c3ccccc3)N2C(=O)[C@@H](NC(=O)/C=C(\C)c2cccc(C(F)(F)P(=O)(O)O)c2)C1. The normalized spacial score (nSPS) is 21.3. The first-order chi connectivity index (χ1) is 20.6. The van der Waals surface area contributed by atoms with Crippen molar-refractivity contribution in [1.29, 1.82) is 0 Å². The lowest BCUT2D eigenvalue weighted by Crippen LogP contribution is -2.61. The predicted molar refractivity (Wildman–Crippen MR) is 158 cm³/mol. The fraction of sp³-hybridized carbons (Fsp3) is 0.400. The second kappa shape index (κ2) is 13.0. The average Bonchev–Trinajstić information content (AvgIpc) is 3.39. The van der Waals surface area contributed by atoms with E-state index in [0.717, 1.165) is 18.2 Å². The number of carbonyl (C=O) groups is 4. The minimum absolute atomic E-state index is 0.106. The Morgan fingerprint density at radius 2 is 1.73 bits per heavy atom. The van der Waals surface area contributed by atoms with Crippen LogP contribution in [-0.4, -0.2) is 81.5 Å². The van der Waals surface area contributed by atoms with Crippen LogP contribution < -0.4 is 10.2 Å². The summed E-state index contributed by atoms with van der Waals surface area (Å²) in [4.78, 5) is 75.7. The first-order valence-electron chi connectivity index (χ1n) is 14.0. The van der Waals surface area contributed by atoms with Gasteiger partial charge >= 0.3 is 13.3 Å². The fourth-order valence-corrected chi connectivity index (χ4v) is 6.10. The molecule has 0 radical (unpaired) electrons. The third-order valence-corrected chi connectivity index (χ3v) is 9.08. The maximum atomic E-state index is 14.3. The van der Waals surface area contributed by atoms with E-state index in [9.17, 15) is 32.5 Å². The van der Waals surface area contributed by atoms with E-state index < -0.39 is 42.7 Å². The lowest BCUT2D eigenvalue weighted by molar-refractivity contribution is -0.145. The van der Waals surface area contributed by atoms with Crippen LogP contribution in [0.4, 0.5) is 14.5 Å². The van der Waals surface area contributed by atoms with E-state index in [-0.39, 0.29) is 35.5 Å². The van der Waals surface area contributed by atoms with Crippen LogP contribution in [0.1, 0.15) is 44.2 Å². The van der Waals surface area contributed by atoms with Gasteiger partial charge in [-0.1, -0.05) is 36.4 Å². The summed E-state index contributed by atoms with van der Waals surface area (Å²) in [7, 11) is -4.17. The first-order valence-corrected chi connectivity index (χ1v) is 15.7. The van der Waals surface area contributed by atoms with Crippen LogP contribution in [0.5, 0.6) is 0 Å². The van der Waals surface area contributed by atoms with Gasteiger partial charge in [0.2, 0.25) is 23.6 Å². The fourth-order valence-electron chi connectivity index (χ4n) is 5.63. The molecule has 2 aromatic rings. The number of hydrogen-bond donors (Lipinski definition) is 3. The number of alkyl halides is 2. The van der Waals surface area contributed by atoms with Crippen LogP contribution in [0.15, 0.2) is 60.7 Å². The summed E-state index contributed by atoms with van der Waals surface area (Å²) in [5.74, 6) is -1.82. The summed E-state index contributed by atoms with van der Waals surface area (Å²) in [6, 6.07) is 11.0. The molecule has 3 atom stereocenters. The van der Waals surface area contributed by atoms with E-state index in [1.165, 1.54) is 40.7 Å². The maximum absolute atomic E-state index is 14.3. The zero-order chi connectivity index (χ0) is 32.4. The number of fused-ring (bicyclic) bond motifs is 1. The van der Waals surface area contributed by atoms with E-state index >= 15 is 0 Å². The molecule has 2 aromatic carbocycles. The minimum atomic E-state index is -5.80. The molecule has 44 heavy (non-hydrogen) atoms.